The van der Waals surface area contributed by atoms with Gasteiger partial charge in [-0.2, -0.15) is 0 Å². The Morgan fingerprint density at radius 2 is 0.567 bits per heavy atom. The number of furan rings is 2. The number of hydrogen-bond acceptors (Lipinski definition) is 6. The third kappa shape index (κ3) is 9.86. The van der Waals surface area contributed by atoms with Gasteiger partial charge in [0.05, 0.1) is 22.4 Å². The predicted molar refractivity (Wildman–Crippen MR) is 442 cm³/mol. The quantitative estimate of drug-likeness (QED) is 0.142. The van der Waals surface area contributed by atoms with E-state index in [2.05, 4.69) is 340 Å². The van der Waals surface area contributed by atoms with Crippen molar-refractivity contribution in [3.63, 3.8) is 0 Å². The number of thiophene rings is 2. The summed E-state index contributed by atoms with van der Waals surface area (Å²) in [6.45, 7) is 0. The summed E-state index contributed by atoms with van der Waals surface area (Å²) >= 11 is 3.73. The second-order valence-electron chi connectivity index (χ2n) is 26.9. The fraction of sp³-hybridized carbons (Fsp3) is 0. The van der Waals surface area contributed by atoms with E-state index in [1.54, 1.807) is 0 Å². The molecule has 0 spiro atoms. The minimum Gasteiger partial charge on any atom is -0.456 e. The molecule has 0 unspecified atom stereocenters. The van der Waals surface area contributed by atoms with Crippen molar-refractivity contribution in [1.82, 2.24) is 9.97 Å². The average Bonchev–Trinajstić information content (AvgIpc) is 1.36. The lowest BCUT2D eigenvalue weighted by molar-refractivity contribution is 0.669. The van der Waals surface area contributed by atoms with E-state index in [-0.39, 0.29) is 0 Å². The van der Waals surface area contributed by atoms with Gasteiger partial charge in [-0.05, 0) is 110 Å². The number of fused-ring (bicyclic) bond motifs is 18. The Labute approximate surface area is 605 Å². The molecule has 0 aliphatic heterocycles. The van der Waals surface area contributed by atoms with Crippen LogP contribution in [0.5, 0.6) is 0 Å². The van der Waals surface area contributed by atoms with Gasteiger partial charge in [0.2, 0.25) is 0 Å². The summed E-state index contributed by atoms with van der Waals surface area (Å²) in [5, 5.41) is 16.6. The fourth-order valence-electron chi connectivity index (χ4n) is 16.1. The molecule has 0 saturated heterocycles. The van der Waals surface area contributed by atoms with Crippen LogP contribution in [-0.2, 0) is 0 Å². The molecule has 4 nitrogen and oxygen atoms in total. The molecule has 6 heteroatoms. The summed E-state index contributed by atoms with van der Waals surface area (Å²) in [6.07, 6.45) is 0. The maximum atomic E-state index is 6.56. The first-order chi connectivity index (χ1) is 51.5. The van der Waals surface area contributed by atoms with Gasteiger partial charge in [-0.1, -0.05) is 297 Å². The molecule has 0 bridgehead atoms. The van der Waals surface area contributed by atoms with E-state index in [1.807, 2.05) is 34.8 Å². The van der Waals surface area contributed by atoms with E-state index in [0.717, 1.165) is 110 Å². The second kappa shape index (κ2) is 24.3. The molecule has 0 radical (unpaired) electrons. The van der Waals surface area contributed by atoms with Gasteiger partial charge >= 0.3 is 0 Å². The summed E-state index contributed by atoms with van der Waals surface area (Å²) in [6, 6.07) is 126. The van der Waals surface area contributed by atoms with E-state index < -0.39 is 0 Å². The molecule has 0 atom stereocenters. The molecule has 22 rings (SSSR count). The summed E-state index contributed by atoms with van der Waals surface area (Å²) in [5.41, 5.74) is 23.9. The van der Waals surface area contributed by atoms with Crippen molar-refractivity contribution in [2.45, 2.75) is 0 Å². The smallest absolute Gasteiger partial charge is 0.136 e. The van der Waals surface area contributed by atoms with Crippen molar-refractivity contribution in [3.05, 3.63) is 352 Å². The van der Waals surface area contributed by atoms with Crippen molar-refractivity contribution in [2.75, 3.05) is 0 Å². The standard InChI is InChI=1S/2C49H29NOS/c1-2-11-33(12-3-1)45-46-38-14-4-7-18-41(38)50-48(40(46)29-43-47(45)39-15-5-8-19-42(39)51-43)34-27-23-31(24-28-34)30-21-25-32(26-22-30)35-16-10-17-37-36-13-6-9-20-44(36)52-49(35)37;1-2-10-33(11-3-1)46-47-38-13-4-7-15-41(38)50-49(40(47)29-43-48(46)39-14-5-8-16-42(39)51-43)34-24-22-31(23-25-34)30-18-20-32(21-19-30)35-26-27-37-36-12-6-9-17-44(36)52-45(37)28-35/h2*1-29H. The zero-order chi connectivity index (χ0) is 68.3. The van der Waals surface area contributed by atoms with Crippen molar-refractivity contribution in [3.8, 4) is 89.3 Å². The highest BCUT2D eigenvalue weighted by Crippen LogP contribution is 2.50. The Kier molecular flexibility index (Phi) is 14.0. The van der Waals surface area contributed by atoms with E-state index in [9.17, 15) is 0 Å². The summed E-state index contributed by atoms with van der Waals surface area (Å²) in [4.78, 5) is 10.6. The van der Waals surface area contributed by atoms with E-state index >= 15 is 0 Å². The summed E-state index contributed by atoms with van der Waals surface area (Å²) in [5.74, 6) is 0. The first kappa shape index (κ1) is 59.7. The van der Waals surface area contributed by atoms with Crippen molar-refractivity contribution in [2.24, 2.45) is 0 Å². The van der Waals surface area contributed by atoms with Crippen LogP contribution in [0, 0.1) is 0 Å². The number of para-hydroxylation sites is 4. The highest BCUT2D eigenvalue weighted by atomic mass is 32.1. The van der Waals surface area contributed by atoms with Crippen molar-refractivity contribution < 1.29 is 8.83 Å². The van der Waals surface area contributed by atoms with E-state index in [0.29, 0.717) is 0 Å². The third-order valence-electron chi connectivity index (χ3n) is 21.0. The number of benzene rings is 16. The first-order valence-electron chi connectivity index (χ1n) is 35.2. The minimum atomic E-state index is 0.869. The van der Waals surface area contributed by atoms with Crippen LogP contribution in [0.15, 0.2) is 361 Å². The molecule has 6 heterocycles. The molecular formula is C98H58N2O2S2. The van der Waals surface area contributed by atoms with Gasteiger partial charge in [-0.3, -0.25) is 0 Å². The Morgan fingerprint density at radius 1 is 0.202 bits per heavy atom. The van der Waals surface area contributed by atoms with Gasteiger partial charge in [0.15, 0.2) is 0 Å². The molecule has 16 aromatic carbocycles. The van der Waals surface area contributed by atoms with Crippen LogP contribution in [0.4, 0.5) is 0 Å². The van der Waals surface area contributed by atoms with Crippen LogP contribution in [0.2, 0.25) is 0 Å². The zero-order valence-electron chi connectivity index (χ0n) is 56.0. The monoisotopic (exact) mass is 1360 g/mol. The van der Waals surface area contributed by atoms with Gasteiger partial charge < -0.3 is 8.83 Å². The fourth-order valence-corrected chi connectivity index (χ4v) is 18.5. The number of pyridine rings is 2. The predicted octanol–water partition coefficient (Wildman–Crippen LogP) is 28.6. The molecule has 22 aromatic rings. The lowest BCUT2D eigenvalue weighted by atomic mass is 9.89. The summed E-state index contributed by atoms with van der Waals surface area (Å²) < 4.78 is 18.4. The number of aromatic nitrogens is 2. The Morgan fingerprint density at radius 3 is 1.07 bits per heavy atom. The molecular weight excluding hydrogens is 1300 g/mol. The zero-order valence-corrected chi connectivity index (χ0v) is 57.6. The average molecular weight is 1360 g/mol. The molecule has 6 aromatic heterocycles. The molecule has 0 N–H and O–H groups in total. The first-order valence-corrected chi connectivity index (χ1v) is 36.9. The van der Waals surface area contributed by atoms with Crippen molar-refractivity contribution >= 4 is 150 Å². The van der Waals surface area contributed by atoms with Gasteiger partial charge in [-0.25, -0.2) is 9.97 Å². The Balaban J connectivity index is 0.000000134. The second-order valence-corrected chi connectivity index (χ2v) is 29.0. The van der Waals surface area contributed by atoms with Gasteiger partial charge in [-0.15, -0.1) is 22.7 Å². The van der Waals surface area contributed by atoms with Crippen LogP contribution in [0.1, 0.15) is 0 Å². The molecule has 0 amide bonds. The molecule has 484 valence electrons. The van der Waals surface area contributed by atoms with Crippen LogP contribution in [0.25, 0.3) is 217 Å². The molecule has 0 fully saturated rings. The Bertz CT molecular complexity index is 7170. The molecule has 0 aliphatic rings. The van der Waals surface area contributed by atoms with Gasteiger partial charge in [0.25, 0.3) is 0 Å². The highest BCUT2D eigenvalue weighted by molar-refractivity contribution is 7.26. The van der Waals surface area contributed by atoms with Crippen LogP contribution in [0.3, 0.4) is 0 Å². The van der Waals surface area contributed by atoms with Crippen LogP contribution in [-0.4, -0.2) is 9.97 Å². The van der Waals surface area contributed by atoms with E-state index in [1.165, 1.54) is 107 Å². The Hall–Kier alpha value is -13.1. The number of rotatable bonds is 8. The SMILES string of the molecule is c1ccc(-c2c3c(cc4c(-c5ccc(-c6ccc(-c7ccc8c(c7)sc7ccccc78)cc6)cc5)nc5ccccc5c24)oc2ccccc23)cc1.c1ccc(-c2c3c(cc4c(-c5ccc(-c6ccc(-c7cccc8c7sc7ccccc78)cc6)cc5)nc5ccccc5c24)oc2ccccc23)cc1. The van der Waals surface area contributed by atoms with Gasteiger partial charge in [0, 0.05) is 116 Å². The normalized spacial score (nSPS) is 11.8. The third-order valence-corrected chi connectivity index (χ3v) is 23.3. The van der Waals surface area contributed by atoms with Crippen LogP contribution < -0.4 is 0 Å². The molecule has 0 aliphatic carbocycles. The van der Waals surface area contributed by atoms with Gasteiger partial charge in [0.1, 0.15) is 22.3 Å². The largest absolute Gasteiger partial charge is 0.456 e. The topological polar surface area (TPSA) is 52.1 Å². The minimum absolute atomic E-state index is 0.869. The highest BCUT2D eigenvalue weighted by Gasteiger charge is 2.25. The maximum absolute atomic E-state index is 6.56. The number of hydrogen-bond donors (Lipinski definition) is 0. The number of nitrogens with zero attached hydrogens (tertiary/aromatic N) is 2. The lowest BCUT2D eigenvalue weighted by Gasteiger charge is -2.16. The maximum Gasteiger partial charge on any atom is 0.136 e. The van der Waals surface area contributed by atoms with Crippen molar-refractivity contribution in [1.29, 1.82) is 0 Å². The van der Waals surface area contributed by atoms with E-state index in [4.69, 9.17) is 18.8 Å². The molecule has 104 heavy (non-hydrogen) atoms. The van der Waals surface area contributed by atoms with Crippen LogP contribution >= 0.6 is 22.7 Å². The summed E-state index contributed by atoms with van der Waals surface area (Å²) in [7, 11) is 0. The molecule has 0 saturated carbocycles. The lowest BCUT2D eigenvalue weighted by Crippen LogP contribution is -1.93.